The van der Waals surface area contributed by atoms with Gasteiger partial charge < -0.3 is 9.47 Å². The van der Waals surface area contributed by atoms with E-state index in [1.165, 1.54) is 0 Å². The molecule has 0 amide bonds. The Morgan fingerprint density at radius 3 is 1.18 bits per heavy atom. The molecule has 0 aliphatic rings. The van der Waals surface area contributed by atoms with Crippen LogP contribution in [-0.4, -0.2) is 14.2 Å². The Labute approximate surface area is 133 Å². The lowest BCUT2D eigenvalue weighted by Crippen LogP contribution is -2.10. The van der Waals surface area contributed by atoms with Gasteiger partial charge in [0.15, 0.2) is 10.6 Å². The SMILES string of the molecule is COc1c(C)cc([P+](=O)c2cc(C)c(OC)c(C)c2)cc1C. The van der Waals surface area contributed by atoms with Crippen molar-refractivity contribution in [3.05, 3.63) is 46.5 Å². The zero-order valence-corrected chi connectivity index (χ0v) is 14.9. The molecule has 0 spiro atoms. The standard InChI is InChI=1S/C18H22O3P/c1-11-7-15(8-12(2)17(11)20-5)22(19)16-9-13(3)18(21-6)14(4)10-16/h7-10H,1-6H3/q+1. The van der Waals surface area contributed by atoms with Crippen molar-refractivity contribution >= 4 is 18.4 Å². The fourth-order valence-electron chi connectivity index (χ4n) is 2.88. The minimum atomic E-state index is -1.63. The highest BCUT2D eigenvalue weighted by Crippen LogP contribution is 2.30. The highest BCUT2D eigenvalue weighted by Gasteiger charge is 2.27. The molecule has 0 fully saturated rings. The van der Waals surface area contributed by atoms with Gasteiger partial charge in [0.25, 0.3) is 0 Å². The van der Waals surface area contributed by atoms with Crippen LogP contribution >= 0.6 is 7.80 Å². The molecule has 0 heterocycles. The molecule has 3 nitrogen and oxygen atoms in total. The van der Waals surface area contributed by atoms with E-state index < -0.39 is 7.80 Å². The molecular weight excluding hydrogens is 295 g/mol. The average molecular weight is 317 g/mol. The van der Waals surface area contributed by atoms with Gasteiger partial charge in [-0.1, -0.05) is 4.57 Å². The number of hydrogen-bond donors (Lipinski definition) is 0. The molecule has 0 saturated heterocycles. The smallest absolute Gasteiger partial charge is 0.415 e. The first-order chi connectivity index (χ1) is 10.4. The van der Waals surface area contributed by atoms with E-state index in [1.807, 2.05) is 52.0 Å². The van der Waals surface area contributed by atoms with Crippen LogP contribution in [0.25, 0.3) is 0 Å². The van der Waals surface area contributed by atoms with E-state index in [-0.39, 0.29) is 0 Å². The molecule has 0 radical (unpaired) electrons. The first kappa shape index (κ1) is 16.5. The van der Waals surface area contributed by atoms with Crippen LogP contribution in [0.5, 0.6) is 11.5 Å². The minimum absolute atomic E-state index is 0.828. The second-order valence-corrected chi connectivity index (χ2v) is 7.14. The molecule has 22 heavy (non-hydrogen) atoms. The van der Waals surface area contributed by atoms with Crippen LogP contribution in [0.1, 0.15) is 22.3 Å². The van der Waals surface area contributed by atoms with E-state index >= 15 is 0 Å². The van der Waals surface area contributed by atoms with E-state index in [4.69, 9.17) is 9.47 Å². The lowest BCUT2D eigenvalue weighted by atomic mass is 10.1. The molecule has 116 valence electrons. The molecule has 0 atom stereocenters. The molecule has 2 rings (SSSR count). The molecular formula is C18H22O3P+. The van der Waals surface area contributed by atoms with Crippen LogP contribution in [0.4, 0.5) is 0 Å². The van der Waals surface area contributed by atoms with Gasteiger partial charge in [-0.25, -0.2) is 0 Å². The Morgan fingerprint density at radius 2 is 0.955 bits per heavy atom. The summed E-state index contributed by atoms with van der Waals surface area (Å²) in [5.41, 5.74) is 4.01. The van der Waals surface area contributed by atoms with Crippen LogP contribution in [0, 0.1) is 27.7 Å². The first-order valence-corrected chi connectivity index (χ1v) is 8.42. The molecule has 2 aromatic carbocycles. The lowest BCUT2D eigenvalue weighted by molar-refractivity contribution is 0.408. The Hall–Kier alpha value is -1.86. The summed E-state index contributed by atoms with van der Waals surface area (Å²) in [6, 6.07) is 7.78. The van der Waals surface area contributed by atoms with Crippen LogP contribution in [-0.2, 0) is 4.57 Å². The summed E-state index contributed by atoms with van der Waals surface area (Å²) in [4.78, 5) is 0. The van der Waals surface area contributed by atoms with Crippen molar-refractivity contribution in [3.63, 3.8) is 0 Å². The van der Waals surface area contributed by atoms with Gasteiger partial charge in [0.2, 0.25) is 0 Å². The van der Waals surface area contributed by atoms with Crippen molar-refractivity contribution in [3.8, 4) is 11.5 Å². The third-order valence-electron chi connectivity index (χ3n) is 3.77. The van der Waals surface area contributed by atoms with E-state index in [0.717, 1.165) is 44.4 Å². The van der Waals surface area contributed by atoms with Crippen molar-refractivity contribution in [2.45, 2.75) is 27.7 Å². The normalized spacial score (nSPS) is 10.5. The lowest BCUT2D eigenvalue weighted by Gasteiger charge is -2.09. The zero-order chi connectivity index (χ0) is 16.4. The van der Waals surface area contributed by atoms with E-state index in [1.54, 1.807) is 14.2 Å². The van der Waals surface area contributed by atoms with Crippen molar-refractivity contribution < 1.29 is 14.0 Å². The summed E-state index contributed by atoms with van der Waals surface area (Å²) >= 11 is 0. The number of methoxy groups -OCH3 is 2. The second-order valence-electron chi connectivity index (χ2n) is 5.52. The molecule has 4 heteroatoms. The van der Waals surface area contributed by atoms with Crippen LogP contribution in [0.3, 0.4) is 0 Å². The van der Waals surface area contributed by atoms with Crippen molar-refractivity contribution in [2.75, 3.05) is 14.2 Å². The third-order valence-corrected chi connectivity index (χ3v) is 5.22. The fraction of sp³-hybridized carbons (Fsp3) is 0.333. The Bertz CT molecular complexity index is 628. The first-order valence-electron chi connectivity index (χ1n) is 7.16. The Kier molecular flexibility index (Phi) is 4.87. The molecule has 0 aliphatic heterocycles. The topological polar surface area (TPSA) is 35.5 Å². The maximum atomic E-state index is 12.9. The number of hydrogen-bond acceptors (Lipinski definition) is 3. The van der Waals surface area contributed by atoms with Gasteiger partial charge in [-0.2, -0.15) is 0 Å². The van der Waals surface area contributed by atoms with Gasteiger partial charge in [0.05, 0.1) is 14.2 Å². The van der Waals surface area contributed by atoms with Crippen LogP contribution in [0.2, 0.25) is 0 Å². The Balaban J connectivity index is 2.49. The van der Waals surface area contributed by atoms with Gasteiger partial charge in [-0.3, -0.25) is 0 Å². The minimum Gasteiger partial charge on any atom is -0.496 e. The average Bonchev–Trinajstić information content (AvgIpc) is 2.45. The van der Waals surface area contributed by atoms with Crippen molar-refractivity contribution in [2.24, 2.45) is 0 Å². The summed E-state index contributed by atoms with van der Waals surface area (Å²) in [5.74, 6) is 1.71. The zero-order valence-electron chi connectivity index (χ0n) is 14.0. The van der Waals surface area contributed by atoms with E-state index in [0.29, 0.717) is 0 Å². The monoisotopic (exact) mass is 317 g/mol. The number of benzene rings is 2. The van der Waals surface area contributed by atoms with Crippen molar-refractivity contribution in [1.29, 1.82) is 0 Å². The third kappa shape index (κ3) is 3.00. The molecule has 0 aromatic heterocycles. The predicted octanol–water partition coefficient (Wildman–Crippen LogP) is 3.72. The van der Waals surface area contributed by atoms with Gasteiger partial charge in [0, 0.05) is 0 Å². The van der Waals surface area contributed by atoms with E-state index in [2.05, 4.69) is 0 Å². The number of rotatable bonds is 4. The quantitative estimate of drug-likeness (QED) is 0.806. The van der Waals surface area contributed by atoms with Gasteiger partial charge in [-0.15, -0.1) is 0 Å². The highest BCUT2D eigenvalue weighted by molar-refractivity contribution is 7.61. The molecule has 0 unspecified atom stereocenters. The molecule has 0 N–H and O–H groups in total. The fourth-order valence-corrected chi connectivity index (χ4v) is 4.42. The van der Waals surface area contributed by atoms with Crippen LogP contribution < -0.4 is 20.1 Å². The predicted molar refractivity (Wildman–Crippen MR) is 91.8 cm³/mol. The second kappa shape index (κ2) is 6.50. The summed E-state index contributed by atoms with van der Waals surface area (Å²) in [6.45, 7) is 7.90. The number of ether oxygens (including phenoxy) is 2. The summed E-state index contributed by atoms with van der Waals surface area (Å²) in [7, 11) is 1.68. The molecule has 2 aromatic rings. The summed E-state index contributed by atoms with van der Waals surface area (Å²) < 4.78 is 23.7. The largest absolute Gasteiger partial charge is 0.496 e. The molecule has 0 aliphatic carbocycles. The molecule has 0 saturated carbocycles. The highest BCUT2D eigenvalue weighted by atomic mass is 31.1. The maximum Gasteiger partial charge on any atom is 0.415 e. The Morgan fingerprint density at radius 1 is 0.682 bits per heavy atom. The summed E-state index contributed by atoms with van der Waals surface area (Å²) in [5, 5.41) is 1.66. The maximum absolute atomic E-state index is 12.9. The van der Waals surface area contributed by atoms with Crippen molar-refractivity contribution in [1.82, 2.24) is 0 Å². The van der Waals surface area contributed by atoms with Crippen LogP contribution in [0.15, 0.2) is 24.3 Å². The number of aryl methyl sites for hydroxylation is 4. The van der Waals surface area contributed by atoms with E-state index in [9.17, 15) is 4.57 Å². The molecule has 0 bridgehead atoms. The summed E-state index contributed by atoms with van der Waals surface area (Å²) in [6.07, 6.45) is 0. The van der Waals surface area contributed by atoms with Gasteiger partial charge in [-0.05, 0) is 74.2 Å². The van der Waals surface area contributed by atoms with Gasteiger partial charge in [0.1, 0.15) is 11.5 Å². The van der Waals surface area contributed by atoms with Gasteiger partial charge >= 0.3 is 7.80 Å².